The quantitative estimate of drug-likeness (QED) is 0.196. The summed E-state index contributed by atoms with van der Waals surface area (Å²) in [4.78, 5) is 22.0. The van der Waals surface area contributed by atoms with E-state index in [0.29, 0.717) is 23.9 Å². The van der Waals surface area contributed by atoms with Crippen LogP contribution in [0.4, 0.5) is 24.8 Å². The molecule has 0 aliphatic carbocycles. The van der Waals surface area contributed by atoms with Gasteiger partial charge >= 0.3 is 6.01 Å². The Morgan fingerprint density at radius 2 is 2.02 bits per heavy atom. The van der Waals surface area contributed by atoms with Gasteiger partial charge in [0.1, 0.15) is 58.7 Å². The normalized spacial score (nSPS) is 22.1. The lowest BCUT2D eigenvalue weighted by atomic mass is 9.95. The number of rotatable bonds is 7. The molecule has 4 N–H and O–H groups in total. The number of pyridine rings is 2. The van der Waals surface area contributed by atoms with E-state index in [0.717, 1.165) is 19.4 Å². The van der Waals surface area contributed by atoms with Gasteiger partial charge in [-0.3, -0.25) is 4.90 Å². The van der Waals surface area contributed by atoms with E-state index in [1.807, 2.05) is 13.0 Å². The number of aliphatic hydroxyl groups excluding tert-OH is 1. The number of fused-ring (bicyclic) bond motifs is 2. The zero-order chi connectivity index (χ0) is 35.6. The fraction of sp³-hybridized carbons (Fsp3) is 0.351. The summed E-state index contributed by atoms with van der Waals surface area (Å²) < 4.78 is 59.4. The number of phenolic OH excluding ortho intramolecular Hbond substituents is 1. The van der Waals surface area contributed by atoms with Crippen LogP contribution in [0.5, 0.6) is 17.6 Å². The van der Waals surface area contributed by atoms with Gasteiger partial charge in [0.25, 0.3) is 0 Å². The van der Waals surface area contributed by atoms with Gasteiger partial charge in [0.05, 0.1) is 30.3 Å². The predicted molar refractivity (Wildman–Crippen MR) is 184 cm³/mol. The third-order valence-corrected chi connectivity index (χ3v) is 10.3. The number of phenols is 1. The Balaban J connectivity index is 1.37. The van der Waals surface area contributed by atoms with E-state index in [9.17, 15) is 14.6 Å². The van der Waals surface area contributed by atoms with Crippen LogP contribution in [0, 0.1) is 24.0 Å². The van der Waals surface area contributed by atoms with Gasteiger partial charge in [-0.2, -0.15) is 9.97 Å². The second kappa shape index (κ2) is 12.4. The van der Waals surface area contributed by atoms with Crippen molar-refractivity contribution in [2.75, 3.05) is 43.5 Å². The summed E-state index contributed by atoms with van der Waals surface area (Å²) in [5.74, 6) is 0.810. The van der Waals surface area contributed by atoms with Gasteiger partial charge in [-0.25, -0.2) is 23.1 Å². The lowest BCUT2D eigenvalue weighted by Crippen LogP contribution is -2.43. The maximum absolute atomic E-state index is 17.2. The van der Waals surface area contributed by atoms with Gasteiger partial charge in [0.15, 0.2) is 5.82 Å². The van der Waals surface area contributed by atoms with Crippen molar-refractivity contribution in [3.8, 4) is 41.2 Å². The molecule has 0 unspecified atom stereocenters. The first-order chi connectivity index (χ1) is 24.6. The van der Waals surface area contributed by atoms with Crippen molar-refractivity contribution in [1.29, 1.82) is 0 Å². The lowest BCUT2D eigenvalue weighted by molar-refractivity contribution is 0.107. The van der Waals surface area contributed by atoms with Crippen LogP contribution in [0.25, 0.3) is 32.9 Å². The summed E-state index contributed by atoms with van der Waals surface area (Å²) in [6.45, 7) is 2.62. The molecule has 51 heavy (non-hydrogen) atoms. The van der Waals surface area contributed by atoms with Crippen molar-refractivity contribution in [2.24, 2.45) is 0 Å². The third-order valence-electron chi connectivity index (χ3n) is 10.3. The molecular formula is C37H34F3N7O4. The monoisotopic (exact) mass is 697 g/mol. The molecule has 4 atom stereocenters. The maximum atomic E-state index is 17.2. The van der Waals surface area contributed by atoms with E-state index >= 15 is 8.78 Å². The summed E-state index contributed by atoms with van der Waals surface area (Å²) in [6, 6.07) is 8.09. The highest BCUT2D eigenvalue weighted by molar-refractivity contribution is 6.04. The Morgan fingerprint density at radius 1 is 1.18 bits per heavy atom. The second-order valence-corrected chi connectivity index (χ2v) is 13.4. The van der Waals surface area contributed by atoms with Gasteiger partial charge in [-0.15, -0.1) is 6.42 Å². The number of terminal acetylenes is 1. The number of halogens is 3. The summed E-state index contributed by atoms with van der Waals surface area (Å²) in [5, 5.41) is 21.8. The second-order valence-electron chi connectivity index (χ2n) is 13.4. The first-order valence-electron chi connectivity index (χ1n) is 16.7. The van der Waals surface area contributed by atoms with Crippen LogP contribution in [0.2, 0.25) is 0 Å². The molecule has 0 bridgehead atoms. The van der Waals surface area contributed by atoms with Gasteiger partial charge in [0, 0.05) is 35.7 Å². The molecule has 0 saturated carbocycles. The minimum Gasteiger partial charge on any atom is -0.508 e. The van der Waals surface area contributed by atoms with E-state index < -0.39 is 42.1 Å². The van der Waals surface area contributed by atoms with E-state index in [2.05, 4.69) is 25.8 Å². The molecule has 3 aromatic heterocycles. The van der Waals surface area contributed by atoms with Crippen LogP contribution in [-0.2, 0) is 0 Å². The van der Waals surface area contributed by atoms with Crippen molar-refractivity contribution in [3.05, 3.63) is 65.4 Å². The molecule has 2 saturated heterocycles. The molecule has 6 heterocycles. The van der Waals surface area contributed by atoms with Gasteiger partial charge in [-0.1, -0.05) is 18.1 Å². The number of hydrogen-bond donors (Lipinski definition) is 3. The number of benzene rings is 2. The molecule has 2 aromatic carbocycles. The topological polar surface area (TPSA) is 143 Å². The average molecular weight is 698 g/mol. The summed E-state index contributed by atoms with van der Waals surface area (Å²) in [6.07, 6.45) is 7.33. The molecule has 14 heteroatoms. The Labute approximate surface area is 290 Å². The van der Waals surface area contributed by atoms with Crippen molar-refractivity contribution in [2.45, 2.75) is 50.0 Å². The van der Waals surface area contributed by atoms with Crippen LogP contribution < -0.4 is 20.1 Å². The minimum absolute atomic E-state index is 0.00193. The first kappa shape index (κ1) is 32.8. The summed E-state index contributed by atoms with van der Waals surface area (Å²) >= 11 is 0. The van der Waals surface area contributed by atoms with Crippen LogP contribution in [0.15, 0.2) is 42.6 Å². The number of nitrogens with zero attached hydrogens (tertiary/aromatic N) is 6. The highest BCUT2D eigenvalue weighted by Crippen LogP contribution is 2.46. The molecule has 2 fully saturated rings. The fourth-order valence-corrected chi connectivity index (χ4v) is 7.93. The van der Waals surface area contributed by atoms with E-state index in [-0.39, 0.29) is 75.5 Å². The van der Waals surface area contributed by atoms with Gasteiger partial charge < -0.3 is 30.3 Å². The molecule has 8 rings (SSSR count). The molecule has 3 aliphatic rings. The van der Waals surface area contributed by atoms with Crippen molar-refractivity contribution >= 4 is 33.3 Å². The van der Waals surface area contributed by atoms with Crippen molar-refractivity contribution in [1.82, 2.24) is 24.8 Å². The number of hydrogen-bond acceptors (Lipinski definition) is 11. The van der Waals surface area contributed by atoms with Crippen LogP contribution in [-0.4, -0.2) is 85.7 Å². The Bertz CT molecular complexity index is 2250. The number of ether oxygens (including phenoxy) is 2. The minimum atomic E-state index is -0.992. The first-order valence-corrected chi connectivity index (χ1v) is 16.7. The molecule has 3 aliphatic heterocycles. The highest BCUT2D eigenvalue weighted by atomic mass is 19.1. The largest absolute Gasteiger partial charge is 0.508 e. The Kier molecular flexibility index (Phi) is 7.99. The van der Waals surface area contributed by atoms with E-state index in [1.54, 1.807) is 17.2 Å². The smallest absolute Gasteiger partial charge is 0.319 e. The predicted octanol–water partition coefficient (Wildman–Crippen LogP) is 5.06. The number of aliphatic hydroxyl groups is 1. The molecule has 262 valence electrons. The average Bonchev–Trinajstić information content (AvgIpc) is 3.59. The third kappa shape index (κ3) is 5.39. The van der Waals surface area contributed by atoms with E-state index in [4.69, 9.17) is 26.6 Å². The molecular weight excluding hydrogens is 663 g/mol. The van der Waals surface area contributed by atoms with Crippen LogP contribution >= 0.6 is 0 Å². The molecule has 0 spiro atoms. The number of nitrogens with two attached hydrogens (primary N) is 1. The zero-order valence-corrected chi connectivity index (χ0v) is 27.6. The Hall–Kier alpha value is -5.39. The lowest BCUT2D eigenvalue weighted by Gasteiger charge is -2.32. The number of aromatic nitrogens is 4. The summed E-state index contributed by atoms with van der Waals surface area (Å²) in [7, 11) is 0. The Morgan fingerprint density at radius 3 is 2.80 bits per heavy atom. The standard InChI is InChI=1S/C37H34F3N7O4/c1-3-24-27(39)8-7-20-12-22(49)13-26(28(20)24)31-30(40)32-29-34(45-36(44-32)50-18-37-9-5-11-46(37)15-21(38)14-37)47(16-23(17-48)51-35(29)43-31)19(2)25-6-4-10-42-33(25)41/h1,4,6-8,10,12-13,19,21,23,48-49H,5,9,11,14-18H2,2H3,(H2,41,42)/t19-,21-,23-,37+/m1/s1. The zero-order valence-electron chi connectivity index (χ0n) is 27.6. The van der Waals surface area contributed by atoms with Gasteiger partial charge in [0.2, 0.25) is 5.88 Å². The number of anilines is 2. The van der Waals surface area contributed by atoms with Crippen molar-refractivity contribution in [3.63, 3.8) is 0 Å². The maximum Gasteiger partial charge on any atom is 0.319 e. The SMILES string of the molecule is C#Cc1c(F)ccc2cc(O)cc(-c3nc4c5c(nc(OC[C@@]67CCCN6C[C@H](F)C7)nc5c3F)N([C@H](C)c3cccnc3N)C[C@H](CO)O4)c12. The molecule has 0 radical (unpaired) electrons. The molecule has 0 amide bonds. The molecule has 11 nitrogen and oxygen atoms in total. The van der Waals surface area contributed by atoms with Crippen molar-refractivity contribution < 1.29 is 32.9 Å². The highest BCUT2D eigenvalue weighted by Gasteiger charge is 2.49. The van der Waals surface area contributed by atoms with Crippen LogP contribution in [0.3, 0.4) is 0 Å². The fourth-order valence-electron chi connectivity index (χ4n) is 7.93. The molecule has 5 aromatic rings. The summed E-state index contributed by atoms with van der Waals surface area (Å²) in [5.41, 5.74) is 5.67. The number of nitrogen functional groups attached to an aromatic ring is 1. The van der Waals surface area contributed by atoms with Gasteiger partial charge in [-0.05, 0) is 56.0 Å². The number of aromatic hydroxyl groups is 1. The van der Waals surface area contributed by atoms with Crippen LogP contribution in [0.1, 0.15) is 43.4 Å². The van der Waals surface area contributed by atoms with E-state index in [1.165, 1.54) is 24.3 Å². The number of alkyl halides is 1.